The molecule has 2 aromatic heterocycles. The molecule has 3 nitrogen and oxygen atoms in total. The van der Waals surface area contributed by atoms with Crippen LogP contribution in [0.3, 0.4) is 0 Å². The zero-order valence-electron chi connectivity index (χ0n) is 12.7. The van der Waals surface area contributed by atoms with E-state index in [2.05, 4.69) is 4.98 Å². The van der Waals surface area contributed by atoms with Crippen LogP contribution in [0, 0.1) is 5.82 Å². The summed E-state index contributed by atoms with van der Waals surface area (Å²) in [4.78, 5) is 18.8. The molecule has 0 saturated heterocycles. The monoisotopic (exact) mass is 334 g/mol. The van der Waals surface area contributed by atoms with Crippen LogP contribution in [0.5, 0.6) is 0 Å². The van der Waals surface area contributed by atoms with Crippen molar-refractivity contribution >= 4 is 21.6 Å². The van der Waals surface area contributed by atoms with Gasteiger partial charge in [0.05, 0.1) is 11.9 Å². The molecule has 0 saturated carbocycles. The first-order chi connectivity index (χ1) is 11.1. The van der Waals surface area contributed by atoms with Gasteiger partial charge in [-0.25, -0.2) is 13.8 Å². The molecule has 0 fully saturated rings. The molecule has 0 amide bonds. The van der Waals surface area contributed by atoms with Crippen molar-refractivity contribution in [2.45, 2.75) is 26.3 Å². The Balaban J connectivity index is 2.16. The van der Waals surface area contributed by atoms with Gasteiger partial charge in [0.25, 0.3) is 5.56 Å². The van der Waals surface area contributed by atoms with Crippen molar-refractivity contribution in [1.29, 1.82) is 0 Å². The molecule has 120 valence electrons. The molecule has 23 heavy (non-hydrogen) atoms. The first-order valence-electron chi connectivity index (χ1n) is 7.45. The third-order valence-electron chi connectivity index (χ3n) is 3.74. The van der Waals surface area contributed by atoms with Crippen molar-refractivity contribution in [2.24, 2.45) is 0 Å². The summed E-state index contributed by atoms with van der Waals surface area (Å²) in [7, 11) is 0. The van der Waals surface area contributed by atoms with E-state index in [1.807, 2.05) is 13.0 Å². The molecule has 0 aliphatic heterocycles. The Kier molecular flexibility index (Phi) is 4.52. The molecule has 0 atom stereocenters. The number of aromatic nitrogens is 2. The van der Waals surface area contributed by atoms with E-state index in [-0.39, 0.29) is 24.3 Å². The maximum atomic E-state index is 13.9. The van der Waals surface area contributed by atoms with Gasteiger partial charge in [-0.3, -0.25) is 9.36 Å². The zero-order valence-corrected chi connectivity index (χ0v) is 13.5. The minimum Gasteiger partial charge on any atom is -0.293 e. The average molecular weight is 334 g/mol. The predicted octanol–water partition coefficient (Wildman–Crippen LogP) is 3.72. The predicted molar refractivity (Wildman–Crippen MR) is 88.4 cm³/mol. The van der Waals surface area contributed by atoms with Gasteiger partial charge in [-0.15, -0.1) is 11.3 Å². The minimum absolute atomic E-state index is 0.0666. The number of aryl methyl sites for hydroxylation is 1. The third-order valence-corrected chi connectivity index (χ3v) is 4.92. The first kappa shape index (κ1) is 15.8. The summed E-state index contributed by atoms with van der Waals surface area (Å²) in [5.74, 6) is 0.0452. The van der Waals surface area contributed by atoms with Crippen LogP contribution in [-0.2, 0) is 19.4 Å². The van der Waals surface area contributed by atoms with Crippen LogP contribution < -0.4 is 5.56 Å². The first-order valence-corrected chi connectivity index (χ1v) is 8.27. The summed E-state index contributed by atoms with van der Waals surface area (Å²) in [6.07, 6.45) is 0.976. The van der Waals surface area contributed by atoms with E-state index in [9.17, 15) is 13.6 Å². The number of thiophene rings is 1. The summed E-state index contributed by atoms with van der Waals surface area (Å²) in [6.45, 7) is 1.27. The smallest absolute Gasteiger partial charge is 0.262 e. The summed E-state index contributed by atoms with van der Waals surface area (Å²) in [6, 6.07) is 8.17. The second-order valence-electron chi connectivity index (χ2n) is 5.23. The Labute approximate surface area is 136 Å². The van der Waals surface area contributed by atoms with Crippen LogP contribution in [0.4, 0.5) is 8.78 Å². The molecule has 0 N–H and O–H groups in total. The lowest BCUT2D eigenvalue weighted by Crippen LogP contribution is -2.26. The lowest BCUT2D eigenvalue weighted by atomic mass is 10.1. The van der Waals surface area contributed by atoms with E-state index in [0.29, 0.717) is 21.6 Å². The van der Waals surface area contributed by atoms with Gasteiger partial charge in [-0.05, 0) is 24.1 Å². The number of benzene rings is 1. The molecular formula is C17H16F2N2OS. The van der Waals surface area contributed by atoms with E-state index in [4.69, 9.17) is 0 Å². The summed E-state index contributed by atoms with van der Waals surface area (Å²) >= 11 is 1.46. The van der Waals surface area contributed by atoms with Crippen molar-refractivity contribution < 1.29 is 8.78 Å². The number of halogens is 2. The van der Waals surface area contributed by atoms with E-state index in [0.717, 1.165) is 11.3 Å². The van der Waals surface area contributed by atoms with Crippen molar-refractivity contribution in [3.8, 4) is 0 Å². The van der Waals surface area contributed by atoms with Crippen molar-refractivity contribution in [1.82, 2.24) is 9.55 Å². The van der Waals surface area contributed by atoms with Crippen LogP contribution in [-0.4, -0.2) is 16.2 Å². The highest BCUT2D eigenvalue weighted by Crippen LogP contribution is 2.23. The standard InChI is InChI=1S/C17H16F2N2OS/c1-2-12-10-13-16(23-12)20-15(21(8-7-18)17(13)22)9-11-5-3-4-6-14(11)19/h3-6,10H,2,7-9H2,1H3. The molecule has 0 radical (unpaired) electrons. The normalized spacial score (nSPS) is 11.3. The van der Waals surface area contributed by atoms with E-state index < -0.39 is 6.67 Å². The molecule has 0 unspecified atom stereocenters. The SMILES string of the molecule is CCc1cc2c(=O)n(CCF)c(Cc3ccccc3F)nc2s1. The fourth-order valence-corrected chi connectivity index (χ4v) is 3.52. The Morgan fingerprint density at radius 1 is 1.30 bits per heavy atom. The Bertz CT molecular complexity index is 901. The maximum Gasteiger partial charge on any atom is 0.262 e. The van der Waals surface area contributed by atoms with Crippen molar-refractivity contribution in [3.05, 3.63) is 62.8 Å². The molecule has 6 heteroatoms. The van der Waals surface area contributed by atoms with Gasteiger partial charge in [0, 0.05) is 11.3 Å². The van der Waals surface area contributed by atoms with Crippen LogP contribution in [0.15, 0.2) is 35.1 Å². The van der Waals surface area contributed by atoms with E-state index >= 15 is 0 Å². The second-order valence-corrected chi connectivity index (χ2v) is 6.34. The number of hydrogen-bond acceptors (Lipinski definition) is 3. The summed E-state index contributed by atoms with van der Waals surface area (Å²) < 4.78 is 28.1. The second kappa shape index (κ2) is 6.58. The van der Waals surface area contributed by atoms with E-state index in [1.165, 1.54) is 22.0 Å². The largest absolute Gasteiger partial charge is 0.293 e. The highest BCUT2D eigenvalue weighted by molar-refractivity contribution is 7.18. The molecule has 0 aliphatic carbocycles. The zero-order chi connectivity index (χ0) is 16.4. The lowest BCUT2D eigenvalue weighted by molar-refractivity contribution is 0.432. The number of nitrogens with zero attached hydrogens (tertiary/aromatic N) is 2. The molecule has 3 aromatic rings. The Morgan fingerprint density at radius 2 is 2.09 bits per heavy atom. The van der Waals surface area contributed by atoms with Gasteiger partial charge in [-0.1, -0.05) is 25.1 Å². The number of rotatable bonds is 5. The van der Waals surface area contributed by atoms with Gasteiger partial charge >= 0.3 is 0 Å². The number of hydrogen-bond donors (Lipinski definition) is 0. The number of alkyl halides is 1. The van der Waals surface area contributed by atoms with Crippen LogP contribution in [0.25, 0.3) is 10.2 Å². The van der Waals surface area contributed by atoms with Gasteiger partial charge in [-0.2, -0.15) is 0 Å². The fourth-order valence-electron chi connectivity index (χ4n) is 2.54. The fraction of sp³-hybridized carbons (Fsp3) is 0.294. The quantitative estimate of drug-likeness (QED) is 0.713. The van der Waals surface area contributed by atoms with Gasteiger partial charge in [0.2, 0.25) is 0 Å². The molecule has 0 spiro atoms. The molecule has 2 heterocycles. The highest BCUT2D eigenvalue weighted by atomic mass is 32.1. The topological polar surface area (TPSA) is 34.9 Å². The molecule has 0 aliphatic rings. The average Bonchev–Trinajstić information content (AvgIpc) is 2.97. The van der Waals surface area contributed by atoms with Crippen LogP contribution in [0.2, 0.25) is 0 Å². The van der Waals surface area contributed by atoms with Gasteiger partial charge in [0.1, 0.15) is 23.1 Å². The van der Waals surface area contributed by atoms with Crippen LogP contribution in [0.1, 0.15) is 23.2 Å². The highest BCUT2D eigenvalue weighted by Gasteiger charge is 2.15. The summed E-state index contributed by atoms with van der Waals surface area (Å²) in [5.41, 5.74) is 0.188. The van der Waals surface area contributed by atoms with Gasteiger partial charge in [0.15, 0.2) is 0 Å². The molecule has 3 rings (SSSR count). The molecular weight excluding hydrogens is 318 g/mol. The minimum atomic E-state index is -0.665. The Hall–Kier alpha value is -2.08. The molecule has 1 aromatic carbocycles. The van der Waals surface area contributed by atoms with E-state index in [1.54, 1.807) is 18.2 Å². The number of fused-ring (bicyclic) bond motifs is 1. The molecule has 0 bridgehead atoms. The van der Waals surface area contributed by atoms with Crippen LogP contribution >= 0.6 is 11.3 Å². The lowest BCUT2D eigenvalue weighted by Gasteiger charge is -2.11. The Morgan fingerprint density at radius 3 is 2.78 bits per heavy atom. The van der Waals surface area contributed by atoms with Gasteiger partial charge < -0.3 is 0 Å². The summed E-state index contributed by atoms with van der Waals surface area (Å²) in [5, 5.41) is 0.512. The van der Waals surface area contributed by atoms with Crippen molar-refractivity contribution in [3.63, 3.8) is 0 Å². The maximum absolute atomic E-state index is 13.9. The third kappa shape index (κ3) is 3.03. The van der Waals surface area contributed by atoms with Crippen molar-refractivity contribution in [2.75, 3.05) is 6.67 Å².